The van der Waals surface area contributed by atoms with E-state index in [9.17, 15) is 0 Å². The van der Waals surface area contributed by atoms with E-state index in [0.29, 0.717) is 0 Å². The van der Waals surface area contributed by atoms with Crippen molar-refractivity contribution < 1.29 is 13.3 Å². The summed E-state index contributed by atoms with van der Waals surface area (Å²) in [6.07, 6.45) is 0. The first-order chi connectivity index (χ1) is 22.8. The fraction of sp³-hybridized carbons (Fsp3) is 0. The molecule has 2 aliphatic heterocycles. The van der Waals surface area contributed by atoms with Crippen LogP contribution in [0.25, 0.3) is 105 Å². The van der Waals surface area contributed by atoms with E-state index >= 15 is 0 Å². The molecule has 210 valence electrons. The van der Waals surface area contributed by atoms with Gasteiger partial charge in [0.1, 0.15) is 27.8 Å². The summed E-state index contributed by atoms with van der Waals surface area (Å²) in [6.45, 7) is -0.0829. The van der Waals surface area contributed by atoms with Crippen LogP contribution in [0.5, 0.6) is 0 Å². The molecule has 5 nitrogen and oxygen atoms in total. The molecule has 0 aliphatic carbocycles. The number of para-hydroxylation sites is 5. The third-order valence-corrected chi connectivity index (χ3v) is 10.7. The Labute approximate surface area is 259 Å². The molecule has 11 aromatic rings. The van der Waals surface area contributed by atoms with Crippen molar-refractivity contribution in [3.05, 3.63) is 115 Å². The second-order valence-electron chi connectivity index (χ2n) is 12.8. The number of hydrogen-bond acceptors (Lipinski definition) is 3. The Balaban J connectivity index is 1.37. The molecular formula is C40H19BN2O3. The van der Waals surface area contributed by atoms with Gasteiger partial charge in [0.05, 0.1) is 22.1 Å². The summed E-state index contributed by atoms with van der Waals surface area (Å²) in [4.78, 5) is 0. The number of benzene rings is 6. The molecule has 6 heteroatoms. The minimum atomic E-state index is -0.0829. The van der Waals surface area contributed by atoms with Gasteiger partial charge >= 0.3 is 6.85 Å². The van der Waals surface area contributed by atoms with Crippen molar-refractivity contribution in [3.63, 3.8) is 0 Å². The molecule has 0 saturated heterocycles. The van der Waals surface area contributed by atoms with Gasteiger partial charge in [-0.3, -0.25) is 0 Å². The van der Waals surface area contributed by atoms with Gasteiger partial charge in [0.2, 0.25) is 0 Å². The van der Waals surface area contributed by atoms with Crippen molar-refractivity contribution in [2.24, 2.45) is 0 Å². The predicted molar refractivity (Wildman–Crippen MR) is 186 cm³/mol. The normalized spacial score (nSPS) is 13.6. The third-order valence-electron chi connectivity index (χ3n) is 10.7. The van der Waals surface area contributed by atoms with Crippen LogP contribution in [0.4, 0.5) is 0 Å². The minimum Gasteiger partial charge on any atom is -0.456 e. The Morgan fingerprint density at radius 2 is 1.07 bits per heavy atom. The second-order valence-corrected chi connectivity index (χ2v) is 12.8. The Morgan fingerprint density at radius 1 is 0.457 bits per heavy atom. The van der Waals surface area contributed by atoms with Crippen LogP contribution in [0.1, 0.15) is 0 Å². The summed E-state index contributed by atoms with van der Waals surface area (Å²) in [7, 11) is 0. The lowest BCUT2D eigenvalue weighted by molar-refractivity contribution is 0.669. The molecule has 0 amide bonds. The summed E-state index contributed by atoms with van der Waals surface area (Å²) in [5, 5.41) is 6.75. The molecule has 6 aromatic carbocycles. The SMILES string of the molecule is c1ccc2c(c1)oc1cc3c4c(c12)-n1c2c(cccc2c2oc5ccccc5c21)B4n1c2c-3cccc2c2oc3ccccc3c21. The van der Waals surface area contributed by atoms with Gasteiger partial charge in [-0.05, 0) is 65.0 Å². The van der Waals surface area contributed by atoms with E-state index in [1.807, 2.05) is 6.07 Å². The maximum atomic E-state index is 6.70. The van der Waals surface area contributed by atoms with Gasteiger partial charge in [-0.2, -0.15) is 0 Å². The summed E-state index contributed by atoms with van der Waals surface area (Å²) in [5.41, 5.74) is 16.2. The number of rotatable bonds is 0. The van der Waals surface area contributed by atoms with Crippen LogP contribution in [0.2, 0.25) is 0 Å². The maximum Gasteiger partial charge on any atom is 0.333 e. The van der Waals surface area contributed by atoms with Gasteiger partial charge in [-0.1, -0.05) is 66.7 Å². The predicted octanol–water partition coefficient (Wildman–Crippen LogP) is 9.23. The summed E-state index contributed by atoms with van der Waals surface area (Å²) >= 11 is 0. The lowest BCUT2D eigenvalue weighted by Crippen LogP contribution is -2.55. The van der Waals surface area contributed by atoms with Gasteiger partial charge in [0.15, 0.2) is 11.2 Å². The van der Waals surface area contributed by atoms with Crippen LogP contribution >= 0.6 is 0 Å². The molecule has 0 atom stereocenters. The second kappa shape index (κ2) is 7.22. The van der Waals surface area contributed by atoms with Crippen LogP contribution < -0.4 is 10.9 Å². The van der Waals surface area contributed by atoms with Gasteiger partial charge < -0.3 is 22.3 Å². The average Bonchev–Trinajstić information content (AvgIpc) is 3.89. The van der Waals surface area contributed by atoms with Crippen LogP contribution in [-0.4, -0.2) is 15.9 Å². The average molecular weight is 586 g/mol. The lowest BCUT2D eigenvalue weighted by atomic mass is 9.45. The molecule has 5 aromatic heterocycles. The van der Waals surface area contributed by atoms with Crippen LogP contribution in [0, 0.1) is 0 Å². The van der Waals surface area contributed by atoms with Crippen LogP contribution in [0.3, 0.4) is 0 Å². The fourth-order valence-electron chi connectivity index (χ4n) is 9.05. The number of fused-ring (bicyclic) bond motifs is 18. The van der Waals surface area contributed by atoms with Crippen LogP contribution in [0.15, 0.2) is 129 Å². The van der Waals surface area contributed by atoms with E-state index < -0.39 is 0 Å². The van der Waals surface area contributed by atoms with Crippen molar-refractivity contribution in [3.8, 4) is 16.8 Å². The van der Waals surface area contributed by atoms with E-state index in [1.165, 1.54) is 38.8 Å². The first-order valence-corrected chi connectivity index (χ1v) is 15.7. The van der Waals surface area contributed by atoms with Gasteiger partial charge in [-0.15, -0.1) is 0 Å². The monoisotopic (exact) mass is 586 g/mol. The van der Waals surface area contributed by atoms with E-state index in [0.717, 1.165) is 76.8 Å². The number of furan rings is 3. The van der Waals surface area contributed by atoms with Crippen molar-refractivity contribution in [2.75, 3.05) is 0 Å². The van der Waals surface area contributed by atoms with Crippen molar-refractivity contribution >= 4 is 106 Å². The zero-order valence-electron chi connectivity index (χ0n) is 24.2. The molecule has 0 unspecified atom stereocenters. The standard InChI is InChI=1S/C40H19BN2O3/c1-4-16-28-21(9-1)32-31(44-28)19-26-20-12-7-13-24-34(20)43(37-23-11-3-6-18-30(23)46-40(24)37)41-27-15-8-14-25-35(27)42(38(32)33(26)41)36-22-10-2-5-17-29(22)45-39(25)36/h1-19H. The van der Waals surface area contributed by atoms with Crippen molar-refractivity contribution in [1.29, 1.82) is 0 Å². The quantitative estimate of drug-likeness (QED) is 0.167. The maximum absolute atomic E-state index is 6.70. The van der Waals surface area contributed by atoms with E-state index in [1.54, 1.807) is 0 Å². The molecule has 7 heterocycles. The highest BCUT2D eigenvalue weighted by Crippen LogP contribution is 2.49. The highest BCUT2D eigenvalue weighted by Gasteiger charge is 2.44. The van der Waals surface area contributed by atoms with Gasteiger partial charge in [0, 0.05) is 38.0 Å². The number of hydrogen-bond donors (Lipinski definition) is 0. The van der Waals surface area contributed by atoms with Crippen molar-refractivity contribution in [1.82, 2.24) is 9.05 Å². The highest BCUT2D eigenvalue weighted by atomic mass is 16.3. The molecule has 46 heavy (non-hydrogen) atoms. The largest absolute Gasteiger partial charge is 0.456 e. The molecule has 0 fully saturated rings. The lowest BCUT2D eigenvalue weighted by Gasteiger charge is -2.34. The minimum absolute atomic E-state index is 0.0829. The smallest absolute Gasteiger partial charge is 0.333 e. The van der Waals surface area contributed by atoms with Crippen molar-refractivity contribution in [2.45, 2.75) is 0 Å². The first kappa shape index (κ1) is 22.4. The zero-order chi connectivity index (χ0) is 29.4. The topological polar surface area (TPSA) is 49.3 Å². The van der Waals surface area contributed by atoms with Gasteiger partial charge in [-0.25, -0.2) is 0 Å². The highest BCUT2D eigenvalue weighted by molar-refractivity contribution is 6.90. The summed E-state index contributed by atoms with van der Waals surface area (Å²) in [6, 6.07) is 40.9. The van der Waals surface area contributed by atoms with E-state index in [-0.39, 0.29) is 6.85 Å². The molecular weight excluding hydrogens is 567 g/mol. The number of aromatic nitrogens is 2. The molecule has 13 rings (SSSR count). The van der Waals surface area contributed by atoms with E-state index in [4.69, 9.17) is 13.3 Å². The Bertz CT molecular complexity index is 3220. The Hall–Kier alpha value is -6.14. The molecule has 0 N–H and O–H groups in total. The van der Waals surface area contributed by atoms with Crippen LogP contribution in [-0.2, 0) is 0 Å². The summed E-state index contributed by atoms with van der Waals surface area (Å²) < 4.78 is 25.1. The fourth-order valence-corrected chi connectivity index (χ4v) is 9.05. The molecule has 0 bridgehead atoms. The molecule has 0 saturated carbocycles. The Morgan fingerprint density at radius 3 is 1.85 bits per heavy atom. The van der Waals surface area contributed by atoms with Gasteiger partial charge in [0.25, 0.3) is 0 Å². The first-order valence-electron chi connectivity index (χ1n) is 15.7. The zero-order valence-corrected chi connectivity index (χ0v) is 24.2. The Kier molecular flexibility index (Phi) is 3.51. The molecule has 0 radical (unpaired) electrons. The number of nitrogens with zero attached hydrogens (tertiary/aromatic N) is 2. The van der Waals surface area contributed by atoms with E-state index in [2.05, 4.69) is 118 Å². The molecule has 2 aliphatic rings. The molecule has 0 spiro atoms. The summed E-state index contributed by atoms with van der Waals surface area (Å²) in [5.74, 6) is 0. The third kappa shape index (κ3) is 2.26.